The standard InChI is InChI=1S/C26H20N2O2S/c1-30-23-16-20-12-6-5-11-19(20)15-21(23)25(29)28(17-18-9-3-2-4-10-18)26-27-22-13-7-8-14-24(22)31-26/h2-16H,17H2,1H3. The first-order chi connectivity index (χ1) is 15.2. The molecule has 0 unspecified atom stereocenters. The summed E-state index contributed by atoms with van der Waals surface area (Å²) in [5, 5.41) is 2.70. The number of benzene rings is 4. The molecular formula is C26H20N2O2S. The Morgan fingerprint density at radius 2 is 1.58 bits per heavy atom. The van der Waals surface area contributed by atoms with Gasteiger partial charge in [0.2, 0.25) is 0 Å². The number of carbonyl (C=O) groups excluding carboxylic acids is 1. The molecule has 1 heterocycles. The van der Waals surface area contributed by atoms with Gasteiger partial charge in [-0.05, 0) is 40.6 Å². The molecule has 4 aromatic carbocycles. The molecule has 31 heavy (non-hydrogen) atoms. The molecule has 0 fully saturated rings. The SMILES string of the molecule is COc1cc2ccccc2cc1C(=O)N(Cc1ccccc1)c1nc2ccccc2s1. The second-order valence-corrected chi connectivity index (χ2v) is 8.25. The number of thiazole rings is 1. The number of carbonyl (C=O) groups is 1. The van der Waals surface area contributed by atoms with Crippen LogP contribution in [0.25, 0.3) is 21.0 Å². The number of methoxy groups -OCH3 is 1. The van der Waals surface area contributed by atoms with Crippen LogP contribution in [0.1, 0.15) is 15.9 Å². The molecule has 0 aliphatic rings. The fraction of sp³-hybridized carbons (Fsp3) is 0.0769. The molecule has 5 heteroatoms. The summed E-state index contributed by atoms with van der Waals surface area (Å²) in [6, 6.07) is 29.7. The third-order valence-electron chi connectivity index (χ3n) is 5.24. The van der Waals surface area contributed by atoms with Gasteiger partial charge >= 0.3 is 0 Å². The summed E-state index contributed by atoms with van der Waals surface area (Å²) in [5.74, 6) is 0.424. The molecule has 5 aromatic rings. The van der Waals surface area contributed by atoms with Crippen LogP contribution < -0.4 is 9.64 Å². The molecule has 152 valence electrons. The molecular weight excluding hydrogens is 404 g/mol. The summed E-state index contributed by atoms with van der Waals surface area (Å²) in [7, 11) is 1.60. The normalized spacial score (nSPS) is 11.0. The van der Waals surface area contributed by atoms with Crippen LogP contribution in [0.3, 0.4) is 0 Å². The zero-order valence-corrected chi connectivity index (χ0v) is 17.8. The van der Waals surface area contributed by atoms with Gasteiger partial charge in [0, 0.05) is 0 Å². The zero-order chi connectivity index (χ0) is 21.2. The third kappa shape index (κ3) is 3.76. The summed E-state index contributed by atoms with van der Waals surface area (Å²) < 4.78 is 6.66. The van der Waals surface area contributed by atoms with Crippen molar-refractivity contribution in [2.24, 2.45) is 0 Å². The van der Waals surface area contributed by atoms with Crippen molar-refractivity contribution in [2.75, 3.05) is 12.0 Å². The van der Waals surface area contributed by atoms with Gasteiger partial charge in [-0.2, -0.15) is 0 Å². The van der Waals surface area contributed by atoms with E-state index in [0.717, 1.165) is 26.6 Å². The van der Waals surface area contributed by atoms with Crippen LogP contribution in [0, 0.1) is 0 Å². The van der Waals surface area contributed by atoms with Crippen LogP contribution in [-0.2, 0) is 6.54 Å². The predicted octanol–water partition coefficient (Wildman–Crippen LogP) is 6.31. The van der Waals surface area contributed by atoms with Gasteiger partial charge in [0.25, 0.3) is 5.91 Å². The molecule has 4 nitrogen and oxygen atoms in total. The molecule has 0 bridgehead atoms. The number of fused-ring (bicyclic) bond motifs is 2. The summed E-state index contributed by atoms with van der Waals surface area (Å²) >= 11 is 1.52. The average molecular weight is 425 g/mol. The lowest BCUT2D eigenvalue weighted by Crippen LogP contribution is -2.30. The second-order valence-electron chi connectivity index (χ2n) is 7.24. The van der Waals surface area contributed by atoms with Gasteiger partial charge in [-0.3, -0.25) is 9.69 Å². The maximum Gasteiger partial charge on any atom is 0.264 e. The second kappa shape index (κ2) is 8.20. The van der Waals surface area contributed by atoms with Gasteiger partial charge in [-0.1, -0.05) is 78.1 Å². The van der Waals surface area contributed by atoms with E-state index in [0.29, 0.717) is 23.0 Å². The quantitative estimate of drug-likeness (QED) is 0.332. The van der Waals surface area contributed by atoms with Crippen molar-refractivity contribution < 1.29 is 9.53 Å². The van der Waals surface area contributed by atoms with E-state index >= 15 is 0 Å². The van der Waals surface area contributed by atoms with Gasteiger partial charge in [0.15, 0.2) is 5.13 Å². The van der Waals surface area contributed by atoms with Gasteiger partial charge < -0.3 is 4.74 Å². The van der Waals surface area contributed by atoms with Crippen molar-refractivity contribution in [1.29, 1.82) is 0 Å². The number of ether oxygens (including phenoxy) is 1. The van der Waals surface area contributed by atoms with Crippen molar-refractivity contribution in [3.63, 3.8) is 0 Å². The molecule has 0 saturated heterocycles. The molecule has 0 radical (unpaired) electrons. The minimum absolute atomic E-state index is 0.134. The van der Waals surface area contributed by atoms with Crippen LogP contribution in [0.2, 0.25) is 0 Å². The maximum atomic E-state index is 13.9. The molecule has 1 amide bonds. The number of para-hydroxylation sites is 1. The molecule has 0 aliphatic carbocycles. The Morgan fingerprint density at radius 3 is 2.32 bits per heavy atom. The molecule has 0 aliphatic heterocycles. The van der Waals surface area contributed by atoms with E-state index in [9.17, 15) is 4.79 Å². The minimum Gasteiger partial charge on any atom is -0.496 e. The number of anilines is 1. The Bertz CT molecular complexity index is 1350. The lowest BCUT2D eigenvalue weighted by atomic mass is 10.0. The van der Waals surface area contributed by atoms with E-state index in [1.165, 1.54) is 11.3 Å². The Morgan fingerprint density at radius 1 is 0.903 bits per heavy atom. The maximum absolute atomic E-state index is 13.9. The van der Waals surface area contributed by atoms with E-state index in [4.69, 9.17) is 9.72 Å². The summed E-state index contributed by atoms with van der Waals surface area (Å²) in [5.41, 5.74) is 2.45. The van der Waals surface area contributed by atoms with Gasteiger partial charge in [0.1, 0.15) is 5.75 Å². The minimum atomic E-state index is -0.134. The largest absolute Gasteiger partial charge is 0.496 e. The van der Waals surface area contributed by atoms with Gasteiger partial charge in [0.05, 0.1) is 29.4 Å². The number of hydrogen-bond donors (Lipinski definition) is 0. The Labute approximate surface area is 184 Å². The van der Waals surface area contributed by atoms with Crippen LogP contribution in [0.15, 0.2) is 91.0 Å². The first kappa shape index (κ1) is 19.3. The molecule has 5 rings (SSSR count). The molecule has 0 atom stereocenters. The number of nitrogens with zero attached hydrogens (tertiary/aromatic N) is 2. The van der Waals surface area contributed by atoms with E-state index in [2.05, 4.69) is 0 Å². The first-order valence-corrected chi connectivity index (χ1v) is 10.8. The van der Waals surface area contributed by atoms with Crippen molar-refractivity contribution >= 4 is 43.4 Å². The average Bonchev–Trinajstić information content (AvgIpc) is 3.26. The van der Waals surface area contributed by atoms with Gasteiger partial charge in [-0.25, -0.2) is 4.98 Å². The number of aromatic nitrogens is 1. The van der Waals surface area contributed by atoms with E-state index in [1.54, 1.807) is 12.0 Å². The highest BCUT2D eigenvalue weighted by atomic mass is 32.1. The predicted molar refractivity (Wildman–Crippen MR) is 127 cm³/mol. The Hall–Kier alpha value is -3.70. The number of hydrogen-bond acceptors (Lipinski definition) is 4. The third-order valence-corrected chi connectivity index (χ3v) is 6.30. The van der Waals surface area contributed by atoms with E-state index < -0.39 is 0 Å². The van der Waals surface area contributed by atoms with Crippen molar-refractivity contribution in [3.8, 4) is 5.75 Å². The van der Waals surface area contributed by atoms with Crippen molar-refractivity contribution in [3.05, 3.63) is 102 Å². The lowest BCUT2D eigenvalue weighted by Gasteiger charge is -2.21. The van der Waals surface area contributed by atoms with E-state index in [1.807, 2.05) is 91.0 Å². The fourth-order valence-electron chi connectivity index (χ4n) is 3.67. The monoisotopic (exact) mass is 424 g/mol. The Balaban J connectivity index is 1.63. The van der Waals surface area contributed by atoms with Gasteiger partial charge in [-0.15, -0.1) is 0 Å². The van der Waals surface area contributed by atoms with E-state index in [-0.39, 0.29) is 5.91 Å². The smallest absolute Gasteiger partial charge is 0.264 e. The zero-order valence-electron chi connectivity index (χ0n) is 17.0. The first-order valence-electron chi connectivity index (χ1n) is 10.0. The highest BCUT2D eigenvalue weighted by Crippen LogP contribution is 2.33. The molecule has 0 N–H and O–H groups in total. The summed E-state index contributed by atoms with van der Waals surface area (Å²) in [6.45, 7) is 0.426. The number of rotatable bonds is 5. The highest BCUT2D eigenvalue weighted by Gasteiger charge is 2.25. The lowest BCUT2D eigenvalue weighted by molar-refractivity contribution is 0.0982. The van der Waals surface area contributed by atoms with Crippen LogP contribution >= 0.6 is 11.3 Å². The van der Waals surface area contributed by atoms with Crippen molar-refractivity contribution in [2.45, 2.75) is 6.54 Å². The summed E-state index contributed by atoms with van der Waals surface area (Å²) in [6.07, 6.45) is 0. The fourth-order valence-corrected chi connectivity index (χ4v) is 4.63. The van der Waals surface area contributed by atoms with Crippen LogP contribution in [-0.4, -0.2) is 18.0 Å². The summed E-state index contributed by atoms with van der Waals surface area (Å²) in [4.78, 5) is 20.4. The molecule has 0 spiro atoms. The topological polar surface area (TPSA) is 42.4 Å². The van der Waals surface area contributed by atoms with Crippen LogP contribution in [0.5, 0.6) is 5.75 Å². The number of amides is 1. The molecule has 1 aromatic heterocycles. The van der Waals surface area contributed by atoms with Crippen LogP contribution in [0.4, 0.5) is 5.13 Å². The highest BCUT2D eigenvalue weighted by molar-refractivity contribution is 7.22. The van der Waals surface area contributed by atoms with Crippen molar-refractivity contribution in [1.82, 2.24) is 4.98 Å². The molecule has 0 saturated carbocycles. The Kier molecular flexibility index (Phi) is 5.10.